The lowest BCUT2D eigenvalue weighted by Gasteiger charge is -2.21. The van der Waals surface area contributed by atoms with E-state index in [1.54, 1.807) is 0 Å². The molecule has 5 aromatic rings. The van der Waals surface area contributed by atoms with Gasteiger partial charge in [0.05, 0.1) is 39.8 Å². The van der Waals surface area contributed by atoms with Crippen molar-refractivity contribution in [2.24, 2.45) is 0 Å². The van der Waals surface area contributed by atoms with E-state index < -0.39 is 0 Å². The van der Waals surface area contributed by atoms with E-state index in [2.05, 4.69) is 102 Å². The number of para-hydroxylation sites is 1. The fraction of sp³-hybridized carbons (Fsp3) is 0.375. The molecule has 3 aromatic carbocycles. The number of rotatable bonds is 4. The van der Waals surface area contributed by atoms with Crippen LogP contribution < -0.4 is 0 Å². The first-order valence-electron chi connectivity index (χ1n) is 12.8. The van der Waals surface area contributed by atoms with Crippen LogP contribution in [0.5, 0.6) is 0 Å². The van der Waals surface area contributed by atoms with Crippen molar-refractivity contribution in [3.8, 4) is 12.1 Å². The summed E-state index contributed by atoms with van der Waals surface area (Å²) in [6, 6.07) is 15.8. The van der Waals surface area contributed by atoms with E-state index in [4.69, 9.17) is 0 Å². The zero-order valence-electron chi connectivity index (χ0n) is 22.0. The van der Waals surface area contributed by atoms with Gasteiger partial charge in [-0.05, 0) is 58.1 Å². The summed E-state index contributed by atoms with van der Waals surface area (Å²) in [5.74, 6) is 1.09. The molecule has 3 nitrogen and oxygen atoms in total. The zero-order valence-corrected chi connectivity index (χ0v) is 22.0. The fourth-order valence-corrected chi connectivity index (χ4v) is 6.51. The number of benzene rings is 3. The average molecular weight is 460 g/mol. The van der Waals surface area contributed by atoms with Gasteiger partial charge >= 0.3 is 0 Å². The molecule has 2 heterocycles. The van der Waals surface area contributed by atoms with Gasteiger partial charge in [-0.15, -0.1) is 0 Å². The van der Waals surface area contributed by atoms with Gasteiger partial charge in [-0.2, -0.15) is 10.5 Å². The van der Waals surface area contributed by atoms with Crippen LogP contribution in [0.3, 0.4) is 0 Å². The smallest absolute Gasteiger partial charge is 0.0995 e. The first kappa shape index (κ1) is 23.2. The third-order valence-corrected chi connectivity index (χ3v) is 7.60. The molecular formula is C32H33N3. The van der Waals surface area contributed by atoms with Gasteiger partial charge in [0.15, 0.2) is 0 Å². The summed E-state index contributed by atoms with van der Waals surface area (Å²) in [5.41, 5.74) is 9.76. The number of aromatic nitrogens is 1. The molecule has 0 saturated heterocycles. The van der Waals surface area contributed by atoms with Crippen LogP contribution >= 0.6 is 0 Å². The first-order chi connectivity index (χ1) is 16.6. The van der Waals surface area contributed by atoms with Crippen molar-refractivity contribution in [3.63, 3.8) is 0 Å². The SMILES string of the molecule is CC(C)c1c(C#N)cc2c(c1C(C)C)c1cccc3c4c(C(C)C)c(C(C)C)c(C#N)cc4n2c13. The summed E-state index contributed by atoms with van der Waals surface area (Å²) in [6.45, 7) is 17.6. The van der Waals surface area contributed by atoms with Crippen LogP contribution in [0.1, 0.15) is 112 Å². The second-order valence-corrected chi connectivity index (χ2v) is 11.2. The van der Waals surface area contributed by atoms with Crippen LogP contribution in [-0.4, -0.2) is 4.40 Å². The average Bonchev–Trinajstić information content (AvgIpc) is 3.32. The number of hydrogen-bond acceptors (Lipinski definition) is 2. The molecule has 2 aromatic heterocycles. The minimum atomic E-state index is 0.259. The topological polar surface area (TPSA) is 52.0 Å². The Morgan fingerprint density at radius 2 is 0.971 bits per heavy atom. The monoisotopic (exact) mass is 459 g/mol. The standard InChI is InChI=1S/C32H33N3/c1-16(2)26-20(14-33)12-24-30(28(26)18(5)6)22-10-9-11-23-31-25(35(24)32(22)23)13-21(15-34)27(17(3)4)29(31)19(7)8/h9-13,16-19H,1-8H3. The Bertz CT molecular complexity index is 1590. The van der Waals surface area contributed by atoms with Crippen LogP contribution in [0.25, 0.3) is 38.1 Å². The summed E-state index contributed by atoms with van der Waals surface area (Å²) in [6.07, 6.45) is 0. The van der Waals surface area contributed by atoms with Crippen LogP contribution in [0.15, 0.2) is 30.3 Å². The summed E-state index contributed by atoms with van der Waals surface area (Å²) in [4.78, 5) is 0. The molecule has 35 heavy (non-hydrogen) atoms. The van der Waals surface area contributed by atoms with E-state index in [-0.39, 0.29) is 23.7 Å². The molecule has 0 atom stereocenters. The molecule has 0 aliphatic rings. The molecule has 0 N–H and O–H groups in total. The zero-order chi connectivity index (χ0) is 25.3. The number of nitriles is 2. The molecule has 0 fully saturated rings. The molecule has 0 saturated carbocycles. The van der Waals surface area contributed by atoms with Gasteiger partial charge in [-0.3, -0.25) is 0 Å². The van der Waals surface area contributed by atoms with Crippen molar-refractivity contribution in [3.05, 3.63) is 63.7 Å². The van der Waals surface area contributed by atoms with E-state index in [0.717, 1.165) is 33.3 Å². The van der Waals surface area contributed by atoms with Crippen molar-refractivity contribution >= 4 is 38.1 Å². The van der Waals surface area contributed by atoms with Crippen LogP contribution in [0.4, 0.5) is 0 Å². The quantitative estimate of drug-likeness (QED) is 0.269. The lowest BCUT2D eigenvalue weighted by molar-refractivity contribution is 0.795. The Morgan fingerprint density at radius 3 is 1.29 bits per heavy atom. The number of hydrogen-bond donors (Lipinski definition) is 0. The Hall–Kier alpha value is -3.56. The predicted molar refractivity (Wildman–Crippen MR) is 147 cm³/mol. The van der Waals surface area contributed by atoms with Gasteiger partial charge in [0, 0.05) is 21.5 Å². The first-order valence-corrected chi connectivity index (χ1v) is 12.8. The highest BCUT2D eigenvalue weighted by Crippen LogP contribution is 2.47. The molecule has 0 spiro atoms. The van der Waals surface area contributed by atoms with Gasteiger partial charge in [-0.25, -0.2) is 0 Å². The van der Waals surface area contributed by atoms with Gasteiger partial charge in [0.1, 0.15) is 0 Å². The maximum atomic E-state index is 10.2. The van der Waals surface area contributed by atoms with E-state index in [1.807, 2.05) is 0 Å². The van der Waals surface area contributed by atoms with Gasteiger partial charge in [0.25, 0.3) is 0 Å². The van der Waals surface area contributed by atoms with E-state index in [0.29, 0.717) is 0 Å². The van der Waals surface area contributed by atoms with E-state index in [9.17, 15) is 10.5 Å². The van der Waals surface area contributed by atoms with Crippen LogP contribution in [-0.2, 0) is 0 Å². The molecule has 3 heteroatoms. The second kappa shape index (κ2) is 8.00. The Labute approximate surface area is 207 Å². The largest absolute Gasteiger partial charge is 0.308 e. The third kappa shape index (κ3) is 3.01. The summed E-state index contributed by atoms with van der Waals surface area (Å²) in [5, 5.41) is 25.3. The molecule has 0 bridgehead atoms. The highest BCUT2D eigenvalue weighted by Gasteiger charge is 2.28. The predicted octanol–water partition coefficient (Wildman–Crippen LogP) is 9.07. The van der Waals surface area contributed by atoms with Crippen molar-refractivity contribution in [2.45, 2.75) is 79.1 Å². The number of nitrogens with zero attached hydrogens (tertiary/aromatic N) is 3. The molecule has 0 unspecified atom stereocenters. The summed E-state index contributed by atoms with van der Waals surface area (Å²) >= 11 is 0. The Kier molecular flexibility index (Phi) is 5.30. The highest BCUT2D eigenvalue weighted by molar-refractivity contribution is 6.25. The van der Waals surface area contributed by atoms with E-state index >= 15 is 0 Å². The fourth-order valence-electron chi connectivity index (χ4n) is 6.51. The minimum Gasteiger partial charge on any atom is -0.308 e. The maximum absolute atomic E-state index is 10.2. The normalized spacial score (nSPS) is 12.4. The number of fused-ring (bicyclic) bond motifs is 6. The molecule has 0 radical (unpaired) electrons. The van der Waals surface area contributed by atoms with Gasteiger partial charge in [0.2, 0.25) is 0 Å². The molecule has 0 aliphatic heterocycles. The minimum absolute atomic E-state index is 0.259. The van der Waals surface area contributed by atoms with Crippen molar-refractivity contribution in [2.75, 3.05) is 0 Å². The van der Waals surface area contributed by atoms with Gasteiger partial charge in [-0.1, -0.05) is 73.6 Å². The van der Waals surface area contributed by atoms with Crippen LogP contribution in [0, 0.1) is 22.7 Å². The van der Waals surface area contributed by atoms with Crippen molar-refractivity contribution in [1.29, 1.82) is 10.5 Å². The van der Waals surface area contributed by atoms with Gasteiger partial charge < -0.3 is 4.40 Å². The lowest BCUT2D eigenvalue weighted by atomic mass is 9.83. The summed E-state index contributed by atoms with van der Waals surface area (Å²) in [7, 11) is 0. The highest BCUT2D eigenvalue weighted by atomic mass is 14.9. The second-order valence-electron chi connectivity index (χ2n) is 11.2. The maximum Gasteiger partial charge on any atom is 0.0995 e. The molecule has 0 amide bonds. The molecular weight excluding hydrogens is 426 g/mol. The molecule has 5 rings (SSSR count). The molecule has 0 aliphatic carbocycles. The molecule has 176 valence electrons. The Balaban J connectivity index is 2.17. The Morgan fingerprint density at radius 1 is 0.600 bits per heavy atom. The van der Waals surface area contributed by atoms with Crippen molar-refractivity contribution < 1.29 is 0 Å². The summed E-state index contributed by atoms with van der Waals surface area (Å²) < 4.78 is 2.34. The van der Waals surface area contributed by atoms with Crippen LogP contribution in [0.2, 0.25) is 0 Å². The van der Waals surface area contributed by atoms with E-state index in [1.165, 1.54) is 38.2 Å². The lowest BCUT2D eigenvalue weighted by Crippen LogP contribution is -2.05. The van der Waals surface area contributed by atoms with Crippen molar-refractivity contribution in [1.82, 2.24) is 4.40 Å². The third-order valence-electron chi connectivity index (χ3n) is 7.60.